The molecule has 2 atom stereocenters. The summed E-state index contributed by atoms with van der Waals surface area (Å²) >= 11 is 9.48. The second kappa shape index (κ2) is 7.40. The van der Waals surface area contributed by atoms with Crippen LogP contribution in [0.3, 0.4) is 0 Å². The van der Waals surface area contributed by atoms with E-state index in [9.17, 15) is 0 Å². The molecule has 1 rings (SSSR count). The van der Waals surface area contributed by atoms with Gasteiger partial charge in [0, 0.05) is 22.9 Å². The third-order valence-corrected chi connectivity index (χ3v) is 4.52. The average molecular weight is 319 g/mol. The molecule has 96 valence electrons. The predicted molar refractivity (Wildman–Crippen MR) is 80.1 cm³/mol. The van der Waals surface area contributed by atoms with E-state index in [2.05, 4.69) is 53.9 Å². The zero-order chi connectivity index (χ0) is 12.8. The number of rotatable bonds is 6. The van der Waals surface area contributed by atoms with Crippen molar-refractivity contribution >= 4 is 27.5 Å². The summed E-state index contributed by atoms with van der Waals surface area (Å²) in [5, 5.41) is 1.87. The van der Waals surface area contributed by atoms with Crippen LogP contribution in [0.4, 0.5) is 0 Å². The number of nitrogens with zero attached hydrogens (tertiary/aromatic N) is 1. The Bertz CT molecular complexity index is 321. The Kier molecular flexibility index (Phi) is 6.53. The maximum Gasteiger partial charge on any atom is 0.0406 e. The van der Waals surface area contributed by atoms with Crippen molar-refractivity contribution in [3.8, 4) is 0 Å². The average Bonchev–Trinajstić information content (AvgIpc) is 2.35. The summed E-state index contributed by atoms with van der Waals surface area (Å²) in [6.07, 6.45) is 1.21. The number of alkyl halides is 1. The Hall–Kier alpha value is -0.0500. The third kappa shape index (κ3) is 4.61. The van der Waals surface area contributed by atoms with E-state index < -0.39 is 0 Å². The van der Waals surface area contributed by atoms with Crippen molar-refractivity contribution in [1.29, 1.82) is 0 Å². The van der Waals surface area contributed by atoms with Crippen molar-refractivity contribution in [3.63, 3.8) is 0 Å². The normalized spacial score (nSPS) is 14.9. The lowest BCUT2D eigenvalue weighted by Gasteiger charge is -2.28. The fraction of sp³-hybridized carbons (Fsp3) is 0.571. The number of benzene rings is 1. The summed E-state index contributed by atoms with van der Waals surface area (Å²) in [4.78, 5) is 2.40. The Morgan fingerprint density at radius 2 is 1.88 bits per heavy atom. The first-order valence-electron chi connectivity index (χ1n) is 6.10. The highest BCUT2D eigenvalue weighted by Crippen LogP contribution is 2.22. The van der Waals surface area contributed by atoms with Gasteiger partial charge in [0.1, 0.15) is 0 Å². The van der Waals surface area contributed by atoms with Crippen LogP contribution in [0, 0.1) is 5.92 Å². The van der Waals surface area contributed by atoms with E-state index in [1.807, 2.05) is 12.1 Å². The molecule has 2 unspecified atom stereocenters. The molecule has 0 spiro atoms. The largest absolute Gasteiger partial charge is 0.299 e. The summed E-state index contributed by atoms with van der Waals surface area (Å²) in [5.74, 6) is 0.717. The van der Waals surface area contributed by atoms with Crippen LogP contribution in [0.5, 0.6) is 0 Å². The van der Waals surface area contributed by atoms with E-state index in [1.165, 1.54) is 12.0 Å². The first-order valence-corrected chi connectivity index (χ1v) is 7.60. The maximum atomic E-state index is 5.91. The lowest BCUT2D eigenvalue weighted by Crippen LogP contribution is -2.29. The third-order valence-electron chi connectivity index (χ3n) is 3.36. The van der Waals surface area contributed by atoms with Crippen molar-refractivity contribution in [2.24, 2.45) is 5.92 Å². The van der Waals surface area contributed by atoms with E-state index in [4.69, 9.17) is 11.6 Å². The highest BCUT2D eigenvalue weighted by atomic mass is 79.9. The lowest BCUT2D eigenvalue weighted by atomic mass is 10.0. The van der Waals surface area contributed by atoms with E-state index in [1.54, 1.807) is 0 Å². The molecule has 17 heavy (non-hydrogen) atoms. The van der Waals surface area contributed by atoms with Crippen LogP contribution >= 0.6 is 27.5 Å². The van der Waals surface area contributed by atoms with Crippen molar-refractivity contribution < 1.29 is 0 Å². The van der Waals surface area contributed by atoms with Crippen LogP contribution in [0.2, 0.25) is 5.02 Å². The smallest absolute Gasteiger partial charge is 0.0406 e. The minimum atomic E-state index is 0.431. The number of halogens is 2. The molecule has 0 bridgehead atoms. The molecule has 0 aromatic heterocycles. The molecule has 3 heteroatoms. The quantitative estimate of drug-likeness (QED) is 0.684. The van der Waals surface area contributed by atoms with Gasteiger partial charge in [0.05, 0.1) is 0 Å². The molecule has 1 aromatic rings. The van der Waals surface area contributed by atoms with Crippen LogP contribution in [-0.4, -0.2) is 23.8 Å². The molecule has 0 saturated heterocycles. The van der Waals surface area contributed by atoms with Crippen molar-refractivity contribution in [3.05, 3.63) is 34.9 Å². The minimum Gasteiger partial charge on any atom is -0.299 e. The van der Waals surface area contributed by atoms with E-state index in [0.29, 0.717) is 6.04 Å². The predicted octanol–water partition coefficient (Wildman–Crippen LogP) is 4.75. The second-order valence-corrected chi connectivity index (χ2v) is 5.68. The molecule has 0 amide bonds. The van der Waals surface area contributed by atoms with Crippen LogP contribution in [-0.2, 0) is 0 Å². The van der Waals surface area contributed by atoms with Gasteiger partial charge in [-0.1, -0.05) is 53.0 Å². The molecule has 0 saturated carbocycles. The molecular formula is C14H21BrClN. The lowest BCUT2D eigenvalue weighted by molar-refractivity contribution is 0.226. The molecule has 0 fully saturated rings. The van der Waals surface area contributed by atoms with Gasteiger partial charge >= 0.3 is 0 Å². The van der Waals surface area contributed by atoms with Gasteiger partial charge in [-0.2, -0.15) is 0 Å². The topological polar surface area (TPSA) is 3.24 Å². The van der Waals surface area contributed by atoms with E-state index in [0.717, 1.165) is 22.8 Å². The molecule has 0 N–H and O–H groups in total. The van der Waals surface area contributed by atoms with Crippen molar-refractivity contribution in [1.82, 2.24) is 4.90 Å². The Morgan fingerprint density at radius 3 is 2.35 bits per heavy atom. The van der Waals surface area contributed by atoms with Crippen molar-refractivity contribution in [2.45, 2.75) is 26.3 Å². The molecule has 0 radical (unpaired) electrons. The molecule has 1 aromatic carbocycles. The van der Waals surface area contributed by atoms with Gasteiger partial charge in [-0.15, -0.1) is 0 Å². The fourth-order valence-corrected chi connectivity index (χ4v) is 2.64. The molecule has 1 nitrogen and oxygen atoms in total. The second-order valence-electron chi connectivity index (χ2n) is 4.60. The van der Waals surface area contributed by atoms with Crippen LogP contribution in [0.1, 0.15) is 31.9 Å². The summed E-state index contributed by atoms with van der Waals surface area (Å²) in [6, 6.07) is 8.57. The highest BCUT2D eigenvalue weighted by Gasteiger charge is 2.15. The van der Waals surface area contributed by atoms with Gasteiger partial charge < -0.3 is 0 Å². The summed E-state index contributed by atoms with van der Waals surface area (Å²) in [5.41, 5.74) is 1.32. The SMILES string of the molecule is CCC(CBr)CN(C)C(C)c1ccc(Cl)cc1. The first kappa shape index (κ1) is 15.0. The minimum absolute atomic E-state index is 0.431. The van der Waals surface area contributed by atoms with E-state index in [-0.39, 0.29) is 0 Å². The zero-order valence-corrected chi connectivity index (χ0v) is 13.1. The Balaban J connectivity index is 2.62. The summed E-state index contributed by atoms with van der Waals surface area (Å²) in [7, 11) is 2.19. The zero-order valence-electron chi connectivity index (χ0n) is 10.8. The summed E-state index contributed by atoms with van der Waals surface area (Å²) in [6.45, 7) is 5.60. The highest BCUT2D eigenvalue weighted by molar-refractivity contribution is 9.09. The van der Waals surface area contributed by atoms with Gasteiger partial charge in [0.15, 0.2) is 0 Å². The number of hydrogen-bond acceptors (Lipinski definition) is 1. The maximum absolute atomic E-state index is 5.91. The molecule has 0 heterocycles. The van der Waals surface area contributed by atoms with Gasteiger partial charge in [0.25, 0.3) is 0 Å². The van der Waals surface area contributed by atoms with Gasteiger partial charge in [-0.05, 0) is 37.6 Å². The first-order chi connectivity index (χ1) is 8.08. The monoisotopic (exact) mass is 317 g/mol. The van der Waals surface area contributed by atoms with E-state index >= 15 is 0 Å². The standard InChI is InChI=1S/C14H21BrClN/c1-4-12(9-15)10-17(3)11(2)13-5-7-14(16)8-6-13/h5-8,11-12H,4,9-10H2,1-3H3. The van der Waals surface area contributed by atoms with Crippen molar-refractivity contribution in [2.75, 3.05) is 18.9 Å². The molecule has 0 aliphatic heterocycles. The van der Waals surface area contributed by atoms with Crippen LogP contribution in [0.25, 0.3) is 0 Å². The molecular weight excluding hydrogens is 298 g/mol. The van der Waals surface area contributed by atoms with Crippen LogP contribution in [0.15, 0.2) is 24.3 Å². The number of hydrogen-bond donors (Lipinski definition) is 0. The fourth-order valence-electron chi connectivity index (χ4n) is 1.85. The van der Waals surface area contributed by atoms with Gasteiger partial charge in [-0.25, -0.2) is 0 Å². The van der Waals surface area contributed by atoms with Gasteiger partial charge in [0.2, 0.25) is 0 Å². The van der Waals surface area contributed by atoms with Gasteiger partial charge in [-0.3, -0.25) is 4.90 Å². The van der Waals surface area contributed by atoms with Crippen LogP contribution < -0.4 is 0 Å². The molecule has 0 aliphatic carbocycles. The summed E-state index contributed by atoms with van der Waals surface area (Å²) < 4.78 is 0. The molecule has 0 aliphatic rings. The Morgan fingerprint density at radius 1 is 1.29 bits per heavy atom. The Labute approximate surface area is 118 Å².